The first-order valence-corrected chi connectivity index (χ1v) is 8.94. The van der Waals surface area contributed by atoms with Gasteiger partial charge >= 0.3 is 6.08 Å². The maximum Gasteiger partial charge on any atom is 0.394 e. The molecule has 0 saturated heterocycles. The first-order chi connectivity index (χ1) is 7.04. The van der Waals surface area contributed by atoms with Crippen LogP contribution in [0.15, 0.2) is 28.7 Å². The van der Waals surface area contributed by atoms with Gasteiger partial charge in [0.2, 0.25) is 0 Å². The van der Waals surface area contributed by atoms with Gasteiger partial charge in [-0.25, -0.2) is 0 Å². The molecule has 1 aromatic carbocycles. The van der Waals surface area contributed by atoms with Crippen molar-refractivity contribution in [3.63, 3.8) is 0 Å². The fraction of sp³-hybridized carbons (Fsp3) is 0.300. The minimum absolute atomic E-state index is 0.303. The van der Waals surface area contributed by atoms with Crippen LogP contribution in [0.5, 0.6) is 6.08 Å². The number of benzene rings is 1. The summed E-state index contributed by atoms with van der Waals surface area (Å²) >= 11 is 6.13. The fourth-order valence-electron chi connectivity index (χ4n) is 1.15. The Morgan fingerprint density at radius 3 is 2.80 bits per heavy atom. The third-order valence-electron chi connectivity index (χ3n) is 1.81. The number of nitrogens with zero attached hydrogens (tertiary/aromatic N) is 1. The van der Waals surface area contributed by atoms with Gasteiger partial charge in [-0.1, -0.05) is 25.2 Å². The van der Waals surface area contributed by atoms with Crippen molar-refractivity contribution in [1.29, 1.82) is 0 Å². The highest BCUT2D eigenvalue weighted by Gasteiger charge is 2.19. The van der Waals surface area contributed by atoms with Crippen molar-refractivity contribution in [2.75, 3.05) is 6.23 Å². The molecule has 15 heavy (non-hydrogen) atoms. The second-order valence-electron chi connectivity index (χ2n) is 3.95. The lowest BCUT2D eigenvalue weighted by molar-refractivity contribution is 0.277. The molecular weight excluding hydrogens is 230 g/mol. The summed E-state index contributed by atoms with van der Waals surface area (Å²) in [4.78, 5) is 4.19. The number of aromatic nitrogens is 1. The molecular formula is C10H12ClNO2Si. The van der Waals surface area contributed by atoms with Gasteiger partial charge in [-0.15, -0.1) is 0 Å². The van der Waals surface area contributed by atoms with Gasteiger partial charge in [0.05, 0.1) is 6.23 Å². The van der Waals surface area contributed by atoms with E-state index < -0.39 is 7.38 Å². The molecule has 0 bridgehead atoms. The van der Waals surface area contributed by atoms with Gasteiger partial charge in [-0.2, -0.15) is 16.1 Å². The van der Waals surface area contributed by atoms with E-state index in [1.165, 1.54) is 0 Å². The molecule has 80 valence electrons. The van der Waals surface area contributed by atoms with Crippen molar-refractivity contribution in [2.45, 2.75) is 13.1 Å². The Hall–Kier alpha value is -1.00. The largest absolute Gasteiger partial charge is 0.452 e. The van der Waals surface area contributed by atoms with Gasteiger partial charge in [0.15, 0.2) is 13.0 Å². The molecule has 0 saturated carbocycles. The summed E-state index contributed by atoms with van der Waals surface area (Å²) in [5, 5.41) is 0. The number of para-hydroxylation sites is 2. The van der Waals surface area contributed by atoms with Crippen LogP contribution in [-0.2, 0) is 0 Å². The van der Waals surface area contributed by atoms with Crippen molar-refractivity contribution in [3.05, 3.63) is 24.3 Å². The van der Waals surface area contributed by atoms with Crippen LogP contribution in [0, 0.1) is 0 Å². The summed E-state index contributed by atoms with van der Waals surface area (Å²) in [7, 11) is -1.74. The van der Waals surface area contributed by atoms with E-state index in [4.69, 9.17) is 20.2 Å². The number of hydrogen-bond acceptors (Lipinski definition) is 3. The highest BCUT2D eigenvalue weighted by atomic mass is 35.6. The average molecular weight is 242 g/mol. The summed E-state index contributed by atoms with van der Waals surface area (Å²) < 4.78 is 10.8. The third kappa shape index (κ3) is 2.73. The highest BCUT2D eigenvalue weighted by molar-refractivity contribution is 7.19. The second-order valence-corrected chi connectivity index (χ2v) is 10.8. The van der Waals surface area contributed by atoms with Crippen molar-refractivity contribution in [2.24, 2.45) is 0 Å². The van der Waals surface area contributed by atoms with Crippen molar-refractivity contribution >= 4 is 29.6 Å². The molecule has 1 heterocycles. The Morgan fingerprint density at radius 2 is 2.13 bits per heavy atom. The maximum absolute atomic E-state index is 6.13. The molecule has 0 aliphatic heterocycles. The van der Waals surface area contributed by atoms with E-state index in [2.05, 4.69) is 4.98 Å². The molecule has 1 aromatic heterocycles. The van der Waals surface area contributed by atoms with Gasteiger partial charge in [-0.3, -0.25) is 0 Å². The van der Waals surface area contributed by atoms with Gasteiger partial charge in [0.25, 0.3) is 0 Å². The van der Waals surface area contributed by atoms with E-state index in [-0.39, 0.29) is 0 Å². The molecule has 0 fully saturated rings. The Bertz CT molecular complexity index is 431. The molecule has 0 spiro atoms. The zero-order valence-electron chi connectivity index (χ0n) is 8.66. The lowest BCUT2D eigenvalue weighted by Gasteiger charge is -2.10. The number of hydrogen-bond donors (Lipinski definition) is 0. The number of oxazole rings is 1. The summed E-state index contributed by atoms with van der Waals surface area (Å²) in [6, 6.07) is 7.56. The van der Waals surface area contributed by atoms with Crippen LogP contribution in [0.1, 0.15) is 0 Å². The van der Waals surface area contributed by atoms with E-state index in [1.807, 2.05) is 37.4 Å². The smallest absolute Gasteiger partial charge is 0.394 e. The SMILES string of the molecule is C[Si](C)(Cl)COc1nc2ccccc2o1. The summed E-state index contributed by atoms with van der Waals surface area (Å²) in [5.74, 6) is 0. The Balaban J connectivity index is 2.16. The predicted octanol–water partition coefficient (Wildman–Crippen LogP) is 3.19. The normalized spacial score (nSPS) is 11.9. The second kappa shape index (κ2) is 3.87. The molecule has 2 aromatic rings. The summed E-state index contributed by atoms with van der Waals surface area (Å²) in [6.45, 7) is 4.02. The summed E-state index contributed by atoms with van der Waals surface area (Å²) in [6.07, 6.45) is 0.805. The van der Waals surface area contributed by atoms with Crippen LogP contribution in [0.2, 0.25) is 13.1 Å². The molecule has 0 N–H and O–H groups in total. The third-order valence-corrected chi connectivity index (χ3v) is 2.97. The molecule has 0 unspecified atom stereocenters. The van der Waals surface area contributed by atoms with Crippen molar-refractivity contribution in [3.8, 4) is 6.08 Å². The van der Waals surface area contributed by atoms with Gasteiger partial charge in [0.1, 0.15) is 5.52 Å². The quantitative estimate of drug-likeness (QED) is 0.612. The molecule has 2 rings (SSSR count). The standard InChI is InChI=1S/C10H12ClNO2Si/c1-15(2,11)7-13-10-12-8-5-3-4-6-9(8)14-10/h3-6H,7H2,1-2H3. The van der Waals surface area contributed by atoms with E-state index in [0.717, 1.165) is 11.1 Å². The summed E-state index contributed by atoms with van der Waals surface area (Å²) in [5.41, 5.74) is 1.54. The van der Waals surface area contributed by atoms with Crippen molar-refractivity contribution < 1.29 is 9.15 Å². The monoisotopic (exact) mass is 241 g/mol. The molecule has 0 aliphatic carbocycles. The average Bonchev–Trinajstić information content (AvgIpc) is 2.56. The minimum atomic E-state index is -1.74. The van der Waals surface area contributed by atoms with Crippen LogP contribution in [0.4, 0.5) is 0 Å². The zero-order chi connectivity index (χ0) is 10.9. The number of rotatable bonds is 3. The fourth-order valence-corrected chi connectivity index (χ4v) is 1.78. The lowest BCUT2D eigenvalue weighted by atomic mass is 10.3. The van der Waals surface area contributed by atoms with Crippen LogP contribution >= 0.6 is 11.1 Å². The molecule has 5 heteroatoms. The van der Waals surface area contributed by atoms with Crippen LogP contribution in [0.25, 0.3) is 11.1 Å². The van der Waals surface area contributed by atoms with E-state index in [1.54, 1.807) is 0 Å². The predicted molar refractivity (Wildman–Crippen MR) is 62.8 cm³/mol. The van der Waals surface area contributed by atoms with Gasteiger partial charge in [-0.05, 0) is 12.1 Å². The maximum atomic E-state index is 6.13. The van der Waals surface area contributed by atoms with Crippen LogP contribution in [-0.4, -0.2) is 18.6 Å². The molecule has 0 amide bonds. The zero-order valence-corrected chi connectivity index (χ0v) is 10.4. The van der Waals surface area contributed by atoms with Gasteiger partial charge < -0.3 is 9.15 Å². The Labute approximate surface area is 93.7 Å². The van der Waals surface area contributed by atoms with Gasteiger partial charge in [0, 0.05) is 0 Å². The Kier molecular flexibility index (Phi) is 2.71. The van der Waals surface area contributed by atoms with Crippen LogP contribution in [0.3, 0.4) is 0 Å². The molecule has 0 radical (unpaired) electrons. The first kappa shape index (κ1) is 10.5. The van der Waals surface area contributed by atoms with E-state index in [9.17, 15) is 0 Å². The van der Waals surface area contributed by atoms with Crippen molar-refractivity contribution in [1.82, 2.24) is 4.98 Å². The first-order valence-electron chi connectivity index (χ1n) is 4.72. The molecule has 3 nitrogen and oxygen atoms in total. The number of halogens is 1. The topological polar surface area (TPSA) is 35.3 Å². The number of fused-ring (bicyclic) bond motifs is 1. The molecule has 0 atom stereocenters. The van der Waals surface area contributed by atoms with E-state index in [0.29, 0.717) is 12.3 Å². The number of ether oxygens (including phenoxy) is 1. The molecule has 0 aliphatic rings. The van der Waals surface area contributed by atoms with Crippen LogP contribution < -0.4 is 4.74 Å². The lowest BCUT2D eigenvalue weighted by Crippen LogP contribution is -2.27. The minimum Gasteiger partial charge on any atom is -0.452 e. The highest BCUT2D eigenvalue weighted by Crippen LogP contribution is 2.20. The Morgan fingerprint density at radius 1 is 1.40 bits per heavy atom. The van der Waals surface area contributed by atoms with E-state index >= 15 is 0 Å².